The Morgan fingerprint density at radius 2 is 2.29 bits per heavy atom. The van der Waals surface area contributed by atoms with Crippen LogP contribution in [-0.2, 0) is 0 Å². The first-order chi connectivity index (χ1) is 6.76. The van der Waals surface area contributed by atoms with E-state index in [4.69, 9.17) is 4.74 Å². The van der Waals surface area contributed by atoms with Gasteiger partial charge in [0, 0.05) is 17.1 Å². The van der Waals surface area contributed by atoms with Crippen molar-refractivity contribution in [1.82, 2.24) is 10.2 Å². The van der Waals surface area contributed by atoms with Crippen molar-refractivity contribution >= 4 is 17.2 Å². The Bertz CT molecular complexity index is 488. The van der Waals surface area contributed by atoms with Crippen molar-refractivity contribution in [2.24, 2.45) is 0 Å². The normalized spacial score (nSPS) is 10.4. The van der Waals surface area contributed by atoms with Crippen LogP contribution in [0.25, 0.3) is 10.9 Å². The smallest absolute Gasteiger partial charge is 0.153 e. The highest BCUT2D eigenvalue weighted by molar-refractivity contribution is 5.91. The molecule has 0 saturated heterocycles. The molecule has 0 bridgehead atoms. The molecular formula is C10H10N2O2. The number of hydrogen-bond acceptors (Lipinski definition) is 3. The zero-order valence-corrected chi connectivity index (χ0v) is 8.00. The van der Waals surface area contributed by atoms with Crippen LogP contribution in [0.3, 0.4) is 0 Å². The maximum Gasteiger partial charge on any atom is 0.153 e. The van der Waals surface area contributed by atoms with E-state index in [1.54, 1.807) is 12.1 Å². The molecule has 2 rings (SSSR count). The van der Waals surface area contributed by atoms with Crippen LogP contribution in [0.1, 0.15) is 16.1 Å². The highest BCUT2D eigenvalue weighted by Crippen LogP contribution is 2.24. The average molecular weight is 190 g/mol. The Morgan fingerprint density at radius 3 is 2.93 bits per heavy atom. The number of ether oxygens (including phenoxy) is 1. The van der Waals surface area contributed by atoms with E-state index >= 15 is 0 Å². The quantitative estimate of drug-likeness (QED) is 0.733. The first kappa shape index (κ1) is 8.74. The number of methoxy groups -OCH3 is 1. The number of fused-ring (bicyclic) bond motifs is 1. The van der Waals surface area contributed by atoms with Gasteiger partial charge in [0.05, 0.1) is 18.2 Å². The van der Waals surface area contributed by atoms with Crippen molar-refractivity contribution in [3.05, 3.63) is 23.4 Å². The van der Waals surface area contributed by atoms with Crippen molar-refractivity contribution in [2.75, 3.05) is 7.11 Å². The van der Waals surface area contributed by atoms with E-state index in [9.17, 15) is 4.79 Å². The van der Waals surface area contributed by atoms with Gasteiger partial charge >= 0.3 is 0 Å². The molecule has 1 heterocycles. The summed E-state index contributed by atoms with van der Waals surface area (Å²) >= 11 is 0. The number of nitrogens with zero attached hydrogens (tertiary/aromatic N) is 1. The SMILES string of the molecule is COc1cc2n[nH]c(C)c2cc1C=O. The molecule has 14 heavy (non-hydrogen) atoms. The Labute approximate surface area is 80.9 Å². The number of carbonyl (C=O) groups excluding carboxylic acids is 1. The van der Waals surface area contributed by atoms with Crippen LogP contribution < -0.4 is 4.74 Å². The summed E-state index contributed by atoms with van der Waals surface area (Å²) in [6, 6.07) is 3.53. The Balaban J connectivity index is 2.77. The van der Waals surface area contributed by atoms with Crippen LogP contribution in [0.15, 0.2) is 12.1 Å². The topological polar surface area (TPSA) is 55.0 Å². The third-order valence-corrected chi connectivity index (χ3v) is 2.22. The Kier molecular flexibility index (Phi) is 1.96. The molecule has 4 nitrogen and oxygen atoms in total. The maximum atomic E-state index is 10.8. The standard InChI is InChI=1S/C10H10N2O2/c1-6-8-3-7(5-13)10(14-2)4-9(8)12-11-6/h3-5H,1-2H3,(H,11,12). The second-order valence-electron chi connectivity index (χ2n) is 3.08. The number of aryl methyl sites for hydroxylation is 1. The number of aromatic nitrogens is 2. The third kappa shape index (κ3) is 1.16. The van der Waals surface area contributed by atoms with Crippen molar-refractivity contribution in [1.29, 1.82) is 0 Å². The Morgan fingerprint density at radius 1 is 1.50 bits per heavy atom. The largest absolute Gasteiger partial charge is 0.496 e. The van der Waals surface area contributed by atoms with Crippen LogP contribution >= 0.6 is 0 Å². The number of rotatable bonds is 2. The lowest BCUT2D eigenvalue weighted by atomic mass is 10.1. The lowest BCUT2D eigenvalue weighted by Crippen LogP contribution is -1.90. The van der Waals surface area contributed by atoms with E-state index in [0.29, 0.717) is 11.3 Å². The van der Waals surface area contributed by atoms with E-state index in [0.717, 1.165) is 22.9 Å². The summed E-state index contributed by atoms with van der Waals surface area (Å²) in [7, 11) is 1.54. The van der Waals surface area contributed by atoms with Crippen LogP contribution in [-0.4, -0.2) is 23.6 Å². The van der Waals surface area contributed by atoms with Gasteiger partial charge in [0.1, 0.15) is 5.75 Å². The molecule has 1 N–H and O–H groups in total. The Hall–Kier alpha value is -1.84. The molecular weight excluding hydrogens is 180 g/mol. The number of aldehydes is 1. The molecule has 0 amide bonds. The lowest BCUT2D eigenvalue weighted by molar-refractivity contribution is 0.112. The minimum Gasteiger partial charge on any atom is -0.496 e. The number of carbonyl (C=O) groups is 1. The van der Waals surface area contributed by atoms with Gasteiger partial charge < -0.3 is 4.74 Å². The number of benzene rings is 1. The zero-order chi connectivity index (χ0) is 10.1. The van der Waals surface area contributed by atoms with Gasteiger partial charge in [0.25, 0.3) is 0 Å². The average Bonchev–Trinajstić information content (AvgIpc) is 2.58. The minimum absolute atomic E-state index is 0.546. The van der Waals surface area contributed by atoms with Crippen molar-refractivity contribution in [3.63, 3.8) is 0 Å². The molecule has 0 aliphatic heterocycles. The number of hydrogen-bond donors (Lipinski definition) is 1. The zero-order valence-electron chi connectivity index (χ0n) is 8.00. The van der Waals surface area contributed by atoms with Gasteiger partial charge in [-0.25, -0.2) is 0 Å². The van der Waals surface area contributed by atoms with Crippen LogP contribution in [0.4, 0.5) is 0 Å². The summed E-state index contributed by atoms with van der Waals surface area (Å²) in [5.74, 6) is 0.555. The molecule has 1 aromatic carbocycles. The summed E-state index contributed by atoms with van der Waals surface area (Å²) in [6.45, 7) is 1.91. The van der Waals surface area contributed by atoms with Crippen molar-refractivity contribution < 1.29 is 9.53 Å². The molecule has 0 fully saturated rings. The summed E-state index contributed by atoms with van der Waals surface area (Å²) in [5.41, 5.74) is 2.31. The molecule has 2 aromatic rings. The molecule has 0 aliphatic carbocycles. The molecule has 0 unspecified atom stereocenters. The highest BCUT2D eigenvalue weighted by atomic mass is 16.5. The van der Waals surface area contributed by atoms with Gasteiger partial charge in [-0.3, -0.25) is 9.89 Å². The molecule has 0 aliphatic rings. The predicted octanol–water partition coefficient (Wildman–Crippen LogP) is 1.69. The molecule has 1 aromatic heterocycles. The summed E-state index contributed by atoms with van der Waals surface area (Å²) in [5, 5.41) is 7.89. The summed E-state index contributed by atoms with van der Waals surface area (Å²) < 4.78 is 5.07. The minimum atomic E-state index is 0.546. The molecule has 0 saturated carbocycles. The molecule has 4 heteroatoms. The van der Waals surface area contributed by atoms with Crippen LogP contribution in [0, 0.1) is 6.92 Å². The van der Waals surface area contributed by atoms with Gasteiger partial charge in [-0.1, -0.05) is 0 Å². The first-order valence-electron chi connectivity index (χ1n) is 4.24. The van der Waals surface area contributed by atoms with Crippen molar-refractivity contribution in [3.8, 4) is 5.75 Å². The van der Waals surface area contributed by atoms with Gasteiger partial charge in [-0.05, 0) is 13.0 Å². The van der Waals surface area contributed by atoms with E-state index < -0.39 is 0 Å². The lowest BCUT2D eigenvalue weighted by Gasteiger charge is -2.02. The number of H-pyrrole nitrogens is 1. The number of aromatic amines is 1. The van der Waals surface area contributed by atoms with Gasteiger partial charge in [0.2, 0.25) is 0 Å². The van der Waals surface area contributed by atoms with E-state index in [-0.39, 0.29) is 0 Å². The molecule has 0 radical (unpaired) electrons. The van der Waals surface area contributed by atoms with Gasteiger partial charge in [0.15, 0.2) is 6.29 Å². The molecule has 0 atom stereocenters. The summed E-state index contributed by atoms with van der Waals surface area (Å²) in [6.07, 6.45) is 0.782. The molecule has 72 valence electrons. The molecule has 0 spiro atoms. The predicted molar refractivity (Wildman–Crippen MR) is 52.8 cm³/mol. The van der Waals surface area contributed by atoms with E-state index in [1.165, 1.54) is 7.11 Å². The monoisotopic (exact) mass is 190 g/mol. The first-order valence-corrected chi connectivity index (χ1v) is 4.24. The fourth-order valence-corrected chi connectivity index (χ4v) is 1.45. The van der Waals surface area contributed by atoms with Crippen LogP contribution in [0.5, 0.6) is 5.75 Å². The highest BCUT2D eigenvalue weighted by Gasteiger charge is 2.08. The second kappa shape index (κ2) is 3.14. The van der Waals surface area contributed by atoms with Crippen molar-refractivity contribution in [2.45, 2.75) is 6.92 Å². The van der Waals surface area contributed by atoms with E-state index in [1.807, 2.05) is 6.92 Å². The number of nitrogens with one attached hydrogen (secondary N) is 1. The van der Waals surface area contributed by atoms with Crippen LogP contribution in [0.2, 0.25) is 0 Å². The van der Waals surface area contributed by atoms with Gasteiger partial charge in [-0.15, -0.1) is 0 Å². The van der Waals surface area contributed by atoms with Gasteiger partial charge in [-0.2, -0.15) is 5.10 Å². The fraction of sp³-hybridized carbons (Fsp3) is 0.200. The fourth-order valence-electron chi connectivity index (χ4n) is 1.45. The third-order valence-electron chi connectivity index (χ3n) is 2.22. The second-order valence-corrected chi connectivity index (χ2v) is 3.08. The summed E-state index contributed by atoms with van der Waals surface area (Å²) in [4.78, 5) is 10.8. The van der Waals surface area contributed by atoms with E-state index in [2.05, 4.69) is 10.2 Å². The maximum absolute atomic E-state index is 10.8.